The molecule has 2 N–H and O–H groups in total. The molecule has 1 aromatic heterocycles. The highest BCUT2D eigenvalue weighted by atomic mass is 16.3. The smallest absolute Gasteiger partial charge is 0.292 e. The monoisotopic (exact) mass is 273 g/mol. The van der Waals surface area contributed by atoms with Crippen LogP contribution in [0.4, 0.5) is 5.69 Å². The second-order valence-electron chi connectivity index (χ2n) is 4.99. The van der Waals surface area contributed by atoms with Gasteiger partial charge in [-0.1, -0.05) is 18.2 Å². The summed E-state index contributed by atoms with van der Waals surface area (Å²) in [6, 6.07) is 7.57. The van der Waals surface area contributed by atoms with Gasteiger partial charge in [0.25, 0.3) is 5.91 Å². The molecule has 106 valence electrons. The number of nitrogen functional groups attached to an aromatic ring is 1. The molecule has 20 heavy (non-hydrogen) atoms. The Balaban J connectivity index is 2.27. The van der Waals surface area contributed by atoms with Gasteiger partial charge in [-0.15, -0.1) is 0 Å². The van der Waals surface area contributed by atoms with Crippen LogP contribution >= 0.6 is 0 Å². The molecule has 0 aliphatic rings. The van der Waals surface area contributed by atoms with E-state index in [1.807, 2.05) is 38.1 Å². The molecule has 0 unspecified atom stereocenters. The van der Waals surface area contributed by atoms with Gasteiger partial charge in [-0.3, -0.25) is 4.79 Å². The number of aromatic nitrogens is 1. The zero-order valence-corrected chi connectivity index (χ0v) is 12.0. The minimum atomic E-state index is -0.168. The summed E-state index contributed by atoms with van der Waals surface area (Å²) in [7, 11) is 0. The zero-order chi connectivity index (χ0) is 14.7. The third-order valence-electron chi connectivity index (χ3n) is 3.22. The summed E-state index contributed by atoms with van der Waals surface area (Å²) in [5, 5.41) is 0. The number of aryl methyl sites for hydroxylation is 1. The lowest BCUT2D eigenvalue weighted by Gasteiger charge is -2.26. The van der Waals surface area contributed by atoms with Crippen molar-refractivity contribution in [1.82, 2.24) is 9.88 Å². The maximum atomic E-state index is 12.5. The van der Waals surface area contributed by atoms with Gasteiger partial charge in [0.15, 0.2) is 6.39 Å². The van der Waals surface area contributed by atoms with Crippen molar-refractivity contribution in [3.8, 4) is 0 Å². The Bertz CT molecular complexity index is 605. The summed E-state index contributed by atoms with van der Waals surface area (Å²) in [5.74, 6) is 0.117. The molecule has 1 heterocycles. The van der Waals surface area contributed by atoms with Crippen LogP contribution in [0.3, 0.4) is 0 Å². The summed E-state index contributed by atoms with van der Waals surface area (Å²) in [6.45, 7) is 6.13. The second kappa shape index (κ2) is 5.77. The van der Waals surface area contributed by atoms with Crippen LogP contribution in [0, 0.1) is 6.92 Å². The van der Waals surface area contributed by atoms with E-state index in [4.69, 9.17) is 10.2 Å². The number of amides is 1. The van der Waals surface area contributed by atoms with Crippen LogP contribution in [-0.4, -0.2) is 21.8 Å². The van der Waals surface area contributed by atoms with Crippen LogP contribution < -0.4 is 5.73 Å². The number of benzene rings is 1. The third-order valence-corrected chi connectivity index (χ3v) is 3.22. The lowest BCUT2D eigenvalue weighted by molar-refractivity contribution is 0.0657. The molecule has 0 spiro atoms. The van der Waals surface area contributed by atoms with E-state index in [9.17, 15) is 4.79 Å². The highest BCUT2D eigenvalue weighted by Crippen LogP contribution is 2.18. The quantitative estimate of drug-likeness (QED) is 0.869. The zero-order valence-electron chi connectivity index (χ0n) is 12.0. The molecular formula is C15H19N3O2. The fourth-order valence-electron chi connectivity index (χ4n) is 1.99. The number of nitrogens with two attached hydrogens (primary N) is 1. The molecule has 2 aromatic rings. The van der Waals surface area contributed by atoms with Gasteiger partial charge in [0.05, 0.1) is 5.69 Å². The van der Waals surface area contributed by atoms with E-state index in [1.165, 1.54) is 6.39 Å². The molecule has 1 amide bonds. The molecule has 0 atom stereocenters. The van der Waals surface area contributed by atoms with Crippen molar-refractivity contribution in [2.45, 2.75) is 33.4 Å². The normalized spacial score (nSPS) is 10.8. The number of carbonyl (C=O) groups is 1. The largest absolute Gasteiger partial charge is 0.438 e. The number of hydrogen-bond donors (Lipinski definition) is 1. The van der Waals surface area contributed by atoms with E-state index < -0.39 is 0 Å². The molecule has 0 radical (unpaired) electrons. The molecule has 5 heteroatoms. The number of hydrogen-bond acceptors (Lipinski definition) is 4. The predicted octanol–water partition coefficient (Wildman–Crippen LogP) is 2.62. The Labute approximate surface area is 118 Å². The number of rotatable bonds is 4. The Hall–Kier alpha value is -2.30. The van der Waals surface area contributed by atoms with E-state index in [1.54, 1.807) is 11.8 Å². The van der Waals surface area contributed by atoms with E-state index in [0.29, 0.717) is 17.9 Å². The van der Waals surface area contributed by atoms with Crippen LogP contribution in [-0.2, 0) is 6.54 Å². The van der Waals surface area contributed by atoms with Crippen molar-refractivity contribution in [3.63, 3.8) is 0 Å². The van der Waals surface area contributed by atoms with Gasteiger partial charge in [-0.2, -0.15) is 0 Å². The molecule has 0 bridgehead atoms. The van der Waals surface area contributed by atoms with E-state index in [0.717, 1.165) is 5.56 Å². The molecule has 0 aliphatic heterocycles. The molecule has 0 saturated carbocycles. The summed E-state index contributed by atoms with van der Waals surface area (Å²) >= 11 is 0. The Morgan fingerprint density at radius 3 is 2.65 bits per heavy atom. The standard InChI is InChI=1S/C15H19N3O2/c1-10(2)18(8-12-6-4-5-7-13(12)16)15(19)14-11(3)17-9-20-14/h4-7,9-10H,8,16H2,1-3H3. The molecular weight excluding hydrogens is 254 g/mol. The summed E-state index contributed by atoms with van der Waals surface area (Å²) in [4.78, 5) is 18.2. The molecule has 0 fully saturated rings. The van der Waals surface area contributed by atoms with Gasteiger partial charge in [0, 0.05) is 18.3 Å². The lowest BCUT2D eigenvalue weighted by Crippen LogP contribution is -2.36. The molecule has 2 rings (SSSR count). The van der Waals surface area contributed by atoms with E-state index in [-0.39, 0.29) is 17.7 Å². The van der Waals surface area contributed by atoms with Crippen molar-refractivity contribution >= 4 is 11.6 Å². The maximum Gasteiger partial charge on any atom is 0.292 e. The van der Waals surface area contributed by atoms with Crippen molar-refractivity contribution in [3.05, 3.63) is 47.7 Å². The number of carbonyl (C=O) groups excluding carboxylic acids is 1. The van der Waals surface area contributed by atoms with Gasteiger partial charge in [0.1, 0.15) is 0 Å². The Morgan fingerprint density at radius 2 is 2.10 bits per heavy atom. The van der Waals surface area contributed by atoms with Crippen LogP contribution in [0.1, 0.15) is 35.7 Å². The SMILES string of the molecule is Cc1ncoc1C(=O)N(Cc1ccccc1N)C(C)C. The summed E-state index contributed by atoms with van der Waals surface area (Å²) < 4.78 is 5.19. The number of para-hydroxylation sites is 1. The molecule has 0 saturated heterocycles. The lowest BCUT2D eigenvalue weighted by atomic mass is 10.1. The number of oxazole rings is 1. The fraction of sp³-hybridized carbons (Fsp3) is 0.333. The maximum absolute atomic E-state index is 12.5. The highest BCUT2D eigenvalue weighted by Gasteiger charge is 2.24. The van der Waals surface area contributed by atoms with Gasteiger partial charge < -0.3 is 15.1 Å². The third kappa shape index (κ3) is 2.82. The predicted molar refractivity (Wildman–Crippen MR) is 77.1 cm³/mol. The first-order chi connectivity index (χ1) is 9.50. The van der Waals surface area contributed by atoms with Crippen molar-refractivity contribution in [1.29, 1.82) is 0 Å². The highest BCUT2D eigenvalue weighted by molar-refractivity contribution is 5.92. The number of anilines is 1. The summed E-state index contributed by atoms with van der Waals surface area (Å²) in [5.41, 5.74) is 8.15. The van der Waals surface area contributed by atoms with Crippen LogP contribution in [0.2, 0.25) is 0 Å². The molecule has 5 nitrogen and oxygen atoms in total. The van der Waals surface area contributed by atoms with Crippen LogP contribution in [0.15, 0.2) is 35.1 Å². The van der Waals surface area contributed by atoms with Crippen LogP contribution in [0.5, 0.6) is 0 Å². The first kappa shape index (κ1) is 14.1. The minimum absolute atomic E-state index is 0.0339. The van der Waals surface area contributed by atoms with Crippen molar-refractivity contribution in [2.75, 3.05) is 5.73 Å². The fourth-order valence-corrected chi connectivity index (χ4v) is 1.99. The molecule has 1 aromatic carbocycles. The first-order valence-corrected chi connectivity index (χ1v) is 6.55. The van der Waals surface area contributed by atoms with Gasteiger partial charge in [-0.25, -0.2) is 4.98 Å². The first-order valence-electron chi connectivity index (χ1n) is 6.55. The second-order valence-corrected chi connectivity index (χ2v) is 4.99. The summed E-state index contributed by atoms with van der Waals surface area (Å²) in [6.07, 6.45) is 1.29. The van der Waals surface area contributed by atoms with Gasteiger partial charge in [0.2, 0.25) is 5.76 Å². The Morgan fingerprint density at radius 1 is 1.40 bits per heavy atom. The minimum Gasteiger partial charge on any atom is -0.438 e. The molecule has 0 aliphatic carbocycles. The Kier molecular flexibility index (Phi) is 4.08. The number of nitrogens with zero attached hydrogens (tertiary/aromatic N) is 2. The average Bonchev–Trinajstić information content (AvgIpc) is 2.83. The van der Waals surface area contributed by atoms with Gasteiger partial charge in [-0.05, 0) is 32.4 Å². The van der Waals surface area contributed by atoms with Gasteiger partial charge >= 0.3 is 0 Å². The average molecular weight is 273 g/mol. The van der Waals surface area contributed by atoms with Crippen molar-refractivity contribution < 1.29 is 9.21 Å². The topological polar surface area (TPSA) is 72.4 Å². The van der Waals surface area contributed by atoms with Crippen molar-refractivity contribution in [2.24, 2.45) is 0 Å². The van der Waals surface area contributed by atoms with E-state index in [2.05, 4.69) is 4.98 Å². The van der Waals surface area contributed by atoms with Crippen LogP contribution in [0.25, 0.3) is 0 Å². The van der Waals surface area contributed by atoms with E-state index >= 15 is 0 Å².